The highest BCUT2D eigenvalue weighted by atomic mass is 16.5. The fourth-order valence-corrected chi connectivity index (χ4v) is 4.19. The van der Waals surface area contributed by atoms with Crippen molar-refractivity contribution in [2.45, 2.75) is 78.1 Å². The summed E-state index contributed by atoms with van der Waals surface area (Å²) in [6.07, 6.45) is 1.31. The number of nitrogens with zero attached hydrogens (tertiary/aromatic N) is 1. The van der Waals surface area contributed by atoms with Gasteiger partial charge in [0, 0.05) is 6.54 Å². The molecule has 1 aromatic rings. The number of hydrogen-bond acceptors (Lipinski definition) is 6. The Morgan fingerprint density at radius 2 is 1.60 bits per heavy atom. The average molecular weight is 490 g/mol. The van der Waals surface area contributed by atoms with Gasteiger partial charge in [-0.1, -0.05) is 58.0 Å². The molecule has 9 nitrogen and oxygen atoms in total. The summed E-state index contributed by atoms with van der Waals surface area (Å²) < 4.78 is 10.1. The first kappa shape index (κ1) is 28.1. The lowest BCUT2D eigenvalue weighted by Crippen LogP contribution is -2.56. The van der Waals surface area contributed by atoms with Crippen LogP contribution >= 0.6 is 0 Å². The van der Waals surface area contributed by atoms with E-state index in [1.165, 1.54) is 12.0 Å². The molecule has 0 saturated carbocycles. The fourth-order valence-electron chi connectivity index (χ4n) is 4.19. The van der Waals surface area contributed by atoms with E-state index in [4.69, 9.17) is 9.47 Å². The Hall–Kier alpha value is -3.10. The Morgan fingerprint density at radius 3 is 2.20 bits per heavy atom. The Bertz CT molecular complexity index is 858. The van der Waals surface area contributed by atoms with Gasteiger partial charge in [0.25, 0.3) is 0 Å². The second-order valence-electron chi connectivity index (χ2n) is 9.79. The molecular formula is C26H39N3O6. The molecule has 0 bridgehead atoms. The summed E-state index contributed by atoms with van der Waals surface area (Å²) in [5, 5.41) is 5.48. The van der Waals surface area contributed by atoms with Gasteiger partial charge < -0.3 is 25.0 Å². The van der Waals surface area contributed by atoms with Gasteiger partial charge >= 0.3 is 12.1 Å². The van der Waals surface area contributed by atoms with Gasteiger partial charge in [-0.2, -0.15) is 0 Å². The molecule has 35 heavy (non-hydrogen) atoms. The van der Waals surface area contributed by atoms with E-state index < -0.39 is 36.1 Å². The van der Waals surface area contributed by atoms with Crippen LogP contribution in [0.2, 0.25) is 0 Å². The predicted molar refractivity (Wildman–Crippen MR) is 131 cm³/mol. The zero-order valence-corrected chi connectivity index (χ0v) is 21.4. The normalized spacial score (nSPS) is 17.1. The van der Waals surface area contributed by atoms with E-state index in [0.717, 1.165) is 5.56 Å². The minimum atomic E-state index is -0.865. The molecule has 1 aliphatic heterocycles. The molecule has 3 atom stereocenters. The van der Waals surface area contributed by atoms with Crippen molar-refractivity contribution in [3.05, 3.63) is 35.9 Å². The molecule has 194 valence electrons. The standard InChI is InChI=1S/C26H39N3O6/c1-17(2)14-20(28-26(33)35-16-19-10-7-6-8-11-19)23(30)27-21(15-18(3)4)24(31)29-13-9-12-22(29)25(32)34-5/h6-8,10-11,17-18,20-22H,9,12-16H2,1-5H3,(H,27,30)(H,28,33)/t20-,21-,22-/m0/s1. The minimum absolute atomic E-state index is 0.0844. The molecule has 0 aromatic heterocycles. The van der Waals surface area contributed by atoms with E-state index in [1.54, 1.807) is 0 Å². The molecule has 1 heterocycles. The van der Waals surface area contributed by atoms with E-state index >= 15 is 0 Å². The summed E-state index contributed by atoms with van der Waals surface area (Å²) in [6.45, 7) is 8.32. The highest BCUT2D eigenvalue weighted by molar-refractivity contribution is 5.93. The number of amides is 3. The largest absolute Gasteiger partial charge is 0.467 e. The van der Waals surface area contributed by atoms with Gasteiger partial charge in [-0.15, -0.1) is 0 Å². The summed E-state index contributed by atoms with van der Waals surface area (Å²) >= 11 is 0. The highest BCUT2D eigenvalue weighted by Gasteiger charge is 2.39. The molecule has 0 radical (unpaired) electrons. The fraction of sp³-hybridized carbons (Fsp3) is 0.615. The number of carbonyl (C=O) groups excluding carboxylic acids is 4. The number of methoxy groups -OCH3 is 1. The van der Waals surface area contributed by atoms with Crippen LogP contribution in [0.15, 0.2) is 30.3 Å². The molecule has 3 amide bonds. The van der Waals surface area contributed by atoms with Crippen molar-refractivity contribution in [3.63, 3.8) is 0 Å². The first-order chi connectivity index (χ1) is 16.6. The SMILES string of the molecule is COC(=O)[C@@H]1CCCN1C(=O)[C@H](CC(C)C)NC(=O)[C@H](CC(C)C)NC(=O)OCc1ccccc1. The van der Waals surface area contributed by atoms with E-state index in [2.05, 4.69) is 10.6 Å². The molecule has 2 rings (SSSR count). The van der Waals surface area contributed by atoms with Gasteiger partial charge in [-0.25, -0.2) is 9.59 Å². The van der Waals surface area contributed by atoms with Crippen LogP contribution in [0.4, 0.5) is 4.79 Å². The van der Waals surface area contributed by atoms with Gasteiger partial charge in [0.2, 0.25) is 11.8 Å². The van der Waals surface area contributed by atoms with Crippen LogP contribution in [0, 0.1) is 11.8 Å². The molecule has 9 heteroatoms. The van der Waals surface area contributed by atoms with Gasteiger partial charge in [-0.3, -0.25) is 9.59 Å². The molecular weight excluding hydrogens is 450 g/mol. The van der Waals surface area contributed by atoms with E-state index in [1.807, 2.05) is 58.0 Å². The number of rotatable bonds is 11. The molecule has 1 saturated heterocycles. The number of alkyl carbamates (subject to hydrolysis) is 1. The summed E-state index contributed by atoms with van der Waals surface area (Å²) in [7, 11) is 1.30. The van der Waals surface area contributed by atoms with Crippen molar-refractivity contribution in [1.82, 2.24) is 15.5 Å². The third kappa shape index (κ3) is 8.88. The number of nitrogens with one attached hydrogen (secondary N) is 2. The topological polar surface area (TPSA) is 114 Å². The molecule has 1 aliphatic rings. The molecule has 2 N–H and O–H groups in total. The van der Waals surface area contributed by atoms with Crippen LogP contribution in [0.3, 0.4) is 0 Å². The first-order valence-electron chi connectivity index (χ1n) is 12.3. The van der Waals surface area contributed by atoms with E-state index in [0.29, 0.717) is 32.2 Å². The zero-order valence-electron chi connectivity index (χ0n) is 21.4. The Labute approximate surface area is 207 Å². The first-order valence-corrected chi connectivity index (χ1v) is 12.3. The third-order valence-corrected chi connectivity index (χ3v) is 5.86. The van der Waals surface area contributed by atoms with Gasteiger partial charge in [0.15, 0.2) is 0 Å². The number of carbonyl (C=O) groups is 4. The Kier molecular flexibility index (Phi) is 11.0. The summed E-state index contributed by atoms with van der Waals surface area (Å²) in [5.41, 5.74) is 0.834. The van der Waals surface area contributed by atoms with Crippen molar-refractivity contribution in [2.75, 3.05) is 13.7 Å². The summed E-state index contributed by atoms with van der Waals surface area (Å²) in [5.74, 6) is -0.985. The lowest BCUT2D eigenvalue weighted by molar-refractivity contribution is -0.152. The number of esters is 1. The van der Waals surface area contributed by atoms with Gasteiger partial charge in [0.1, 0.15) is 24.7 Å². The molecule has 1 fully saturated rings. The lowest BCUT2D eigenvalue weighted by Gasteiger charge is -2.30. The van der Waals surface area contributed by atoms with Crippen LogP contribution in [0.25, 0.3) is 0 Å². The lowest BCUT2D eigenvalue weighted by atomic mass is 9.99. The van der Waals surface area contributed by atoms with Crippen molar-refractivity contribution >= 4 is 23.9 Å². The smallest absolute Gasteiger partial charge is 0.408 e. The van der Waals surface area contributed by atoms with Crippen molar-refractivity contribution < 1.29 is 28.7 Å². The molecule has 0 aliphatic carbocycles. The Balaban J connectivity index is 2.08. The van der Waals surface area contributed by atoms with Gasteiger partial charge in [-0.05, 0) is 43.1 Å². The Morgan fingerprint density at radius 1 is 0.971 bits per heavy atom. The van der Waals surface area contributed by atoms with E-state index in [-0.39, 0.29) is 24.3 Å². The highest BCUT2D eigenvalue weighted by Crippen LogP contribution is 2.21. The maximum absolute atomic E-state index is 13.4. The number of benzene rings is 1. The minimum Gasteiger partial charge on any atom is -0.467 e. The maximum Gasteiger partial charge on any atom is 0.408 e. The number of ether oxygens (including phenoxy) is 2. The quantitative estimate of drug-likeness (QED) is 0.462. The van der Waals surface area contributed by atoms with Crippen LogP contribution < -0.4 is 10.6 Å². The van der Waals surface area contributed by atoms with Crippen molar-refractivity contribution in [2.24, 2.45) is 11.8 Å². The molecule has 0 spiro atoms. The number of hydrogen-bond donors (Lipinski definition) is 2. The summed E-state index contributed by atoms with van der Waals surface area (Å²) in [6, 6.07) is 6.93. The van der Waals surface area contributed by atoms with E-state index in [9.17, 15) is 19.2 Å². The maximum atomic E-state index is 13.4. The number of likely N-dealkylation sites (tertiary alicyclic amines) is 1. The second kappa shape index (κ2) is 13.7. The average Bonchev–Trinajstić information content (AvgIpc) is 3.31. The van der Waals surface area contributed by atoms with Crippen LogP contribution in [0.5, 0.6) is 0 Å². The zero-order chi connectivity index (χ0) is 26.0. The van der Waals surface area contributed by atoms with Crippen molar-refractivity contribution in [1.29, 1.82) is 0 Å². The van der Waals surface area contributed by atoms with Crippen LogP contribution in [-0.2, 0) is 30.5 Å². The molecule has 1 aromatic carbocycles. The molecule has 0 unspecified atom stereocenters. The van der Waals surface area contributed by atoms with Crippen LogP contribution in [0.1, 0.15) is 58.9 Å². The van der Waals surface area contributed by atoms with Crippen molar-refractivity contribution in [3.8, 4) is 0 Å². The monoisotopic (exact) mass is 489 g/mol. The van der Waals surface area contributed by atoms with Gasteiger partial charge in [0.05, 0.1) is 7.11 Å². The summed E-state index contributed by atoms with van der Waals surface area (Å²) in [4.78, 5) is 52.7. The third-order valence-electron chi connectivity index (χ3n) is 5.86. The predicted octanol–water partition coefficient (Wildman–Crippen LogP) is 3.02. The van der Waals surface area contributed by atoms with Crippen LogP contribution in [-0.4, -0.2) is 60.6 Å². The second-order valence-corrected chi connectivity index (χ2v) is 9.79.